The molecule has 0 bridgehead atoms. The van der Waals surface area contributed by atoms with Crippen LogP contribution in [0.4, 0.5) is 15.8 Å². The van der Waals surface area contributed by atoms with Gasteiger partial charge in [-0.15, -0.1) is 23.1 Å². The van der Waals surface area contributed by atoms with Gasteiger partial charge in [0.1, 0.15) is 16.6 Å². The summed E-state index contributed by atoms with van der Waals surface area (Å²) < 4.78 is 40.4. The second-order valence-electron chi connectivity index (χ2n) is 5.97. The molecule has 0 saturated heterocycles. The van der Waals surface area contributed by atoms with Gasteiger partial charge in [0.05, 0.1) is 21.3 Å². The summed E-state index contributed by atoms with van der Waals surface area (Å²) in [5, 5.41) is 2.59. The Bertz CT molecular complexity index is 1060. The molecule has 1 N–H and O–H groups in total. The minimum Gasteiger partial charge on any atom is -0.322 e. The van der Waals surface area contributed by atoms with Gasteiger partial charge >= 0.3 is 0 Å². The first-order chi connectivity index (χ1) is 13.1. The van der Waals surface area contributed by atoms with E-state index in [9.17, 15) is 22.4 Å². The lowest BCUT2D eigenvalue weighted by atomic mass is 10.3. The second-order valence-corrected chi connectivity index (χ2v) is 11.1. The minimum absolute atomic E-state index is 0.0605. The van der Waals surface area contributed by atoms with E-state index in [1.54, 1.807) is 0 Å². The maximum atomic E-state index is 13.9. The fourth-order valence-electron chi connectivity index (χ4n) is 2.38. The number of thiophene rings is 1. The molecule has 3 rings (SSSR count). The largest absolute Gasteiger partial charge is 0.322 e. The van der Waals surface area contributed by atoms with Crippen LogP contribution in [0.3, 0.4) is 0 Å². The van der Waals surface area contributed by atoms with Gasteiger partial charge in [0.2, 0.25) is 11.8 Å². The SMILES string of the molecule is CN(C)S(=O)(=O)c1cc2c(s1)SCC(=O)N2CC(=O)Nc1ccc(Cl)cc1F. The molecular formula is C16H15ClFN3O4S3. The van der Waals surface area contributed by atoms with E-state index in [0.717, 1.165) is 21.7 Å². The quantitative estimate of drug-likeness (QED) is 0.736. The van der Waals surface area contributed by atoms with Gasteiger partial charge in [-0.3, -0.25) is 9.59 Å². The molecule has 0 saturated carbocycles. The Balaban J connectivity index is 1.84. The maximum absolute atomic E-state index is 13.9. The van der Waals surface area contributed by atoms with E-state index < -0.39 is 21.7 Å². The van der Waals surface area contributed by atoms with Crippen LogP contribution in [0.25, 0.3) is 0 Å². The van der Waals surface area contributed by atoms with Gasteiger partial charge in [-0.1, -0.05) is 11.6 Å². The number of nitrogens with zero attached hydrogens (tertiary/aromatic N) is 2. The number of hydrogen-bond acceptors (Lipinski definition) is 6. The molecule has 0 radical (unpaired) electrons. The van der Waals surface area contributed by atoms with Gasteiger partial charge in [-0.05, 0) is 24.3 Å². The molecule has 1 aromatic heterocycles. The fourth-order valence-corrected chi connectivity index (χ4v) is 6.47. The molecule has 0 aliphatic carbocycles. The van der Waals surface area contributed by atoms with E-state index in [0.29, 0.717) is 9.90 Å². The van der Waals surface area contributed by atoms with Crippen molar-refractivity contribution in [1.29, 1.82) is 0 Å². The van der Waals surface area contributed by atoms with Crippen molar-refractivity contribution in [3.05, 3.63) is 35.1 Å². The molecular weight excluding hydrogens is 449 g/mol. The van der Waals surface area contributed by atoms with Gasteiger partial charge in [-0.2, -0.15) is 0 Å². The van der Waals surface area contributed by atoms with E-state index in [4.69, 9.17) is 11.6 Å². The van der Waals surface area contributed by atoms with Crippen LogP contribution >= 0.6 is 34.7 Å². The van der Waals surface area contributed by atoms with Crippen molar-refractivity contribution in [3.63, 3.8) is 0 Å². The van der Waals surface area contributed by atoms with E-state index in [1.807, 2.05) is 0 Å². The number of carbonyl (C=O) groups is 2. The summed E-state index contributed by atoms with van der Waals surface area (Å²) >= 11 is 7.95. The van der Waals surface area contributed by atoms with Crippen LogP contribution in [0.5, 0.6) is 0 Å². The Morgan fingerprint density at radius 3 is 2.71 bits per heavy atom. The van der Waals surface area contributed by atoms with Crippen molar-refractivity contribution in [3.8, 4) is 0 Å². The van der Waals surface area contributed by atoms with E-state index in [2.05, 4.69) is 5.32 Å². The fraction of sp³-hybridized carbons (Fsp3) is 0.250. The van der Waals surface area contributed by atoms with Crippen LogP contribution in [0.15, 0.2) is 32.7 Å². The average Bonchev–Trinajstić information content (AvgIpc) is 3.05. The Morgan fingerprint density at radius 1 is 1.36 bits per heavy atom. The number of nitrogens with one attached hydrogen (secondary N) is 1. The summed E-state index contributed by atoms with van der Waals surface area (Å²) in [6.45, 7) is -0.368. The Morgan fingerprint density at radius 2 is 2.07 bits per heavy atom. The van der Waals surface area contributed by atoms with Crippen LogP contribution in [0, 0.1) is 5.82 Å². The highest BCUT2D eigenvalue weighted by atomic mass is 35.5. The van der Waals surface area contributed by atoms with Crippen LogP contribution in [-0.4, -0.2) is 50.9 Å². The number of benzene rings is 1. The first-order valence-electron chi connectivity index (χ1n) is 7.84. The molecule has 0 atom stereocenters. The number of carbonyl (C=O) groups excluding carboxylic acids is 2. The number of amides is 2. The first kappa shape index (κ1) is 21.1. The Hall–Kier alpha value is -1.66. The van der Waals surface area contributed by atoms with Gasteiger partial charge in [0.15, 0.2) is 0 Å². The lowest BCUT2D eigenvalue weighted by Gasteiger charge is -2.25. The van der Waals surface area contributed by atoms with Crippen LogP contribution in [0.1, 0.15) is 0 Å². The van der Waals surface area contributed by atoms with Crippen molar-refractivity contribution in [1.82, 2.24) is 4.31 Å². The average molecular weight is 464 g/mol. The third-order valence-electron chi connectivity index (χ3n) is 3.82. The maximum Gasteiger partial charge on any atom is 0.252 e. The van der Waals surface area contributed by atoms with E-state index in [1.165, 1.54) is 49.0 Å². The topological polar surface area (TPSA) is 86.8 Å². The highest BCUT2D eigenvalue weighted by molar-refractivity contribution is 8.02. The molecule has 1 aliphatic heterocycles. The standard InChI is InChI=1S/C16H15ClFN3O4S3/c1-20(2)28(24,25)15-6-12-16(27-15)26-8-14(23)21(12)7-13(22)19-11-4-3-9(17)5-10(11)18/h3-6H,7-8H2,1-2H3,(H,19,22). The van der Waals surface area contributed by atoms with Gasteiger partial charge in [0.25, 0.3) is 10.0 Å². The predicted molar refractivity (Wildman–Crippen MR) is 108 cm³/mol. The normalized spacial score (nSPS) is 14.3. The van der Waals surface area contributed by atoms with Crippen molar-refractivity contribution < 1.29 is 22.4 Å². The summed E-state index contributed by atoms with van der Waals surface area (Å²) in [7, 11) is -0.831. The van der Waals surface area contributed by atoms with Crippen molar-refractivity contribution in [2.45, 2.75) is 8.42 Å². The molecule has 2 heterocycles. The highest BCUT2D eigenvalue weighted by Crippen LogP contribution is 2.44. The number of rotatable bonds is 5. The molecule has 1 aromatic carbocycles. The van der Waals surface area contributed by atoms with Gasteiger partial charge in [0, 0.05) is 19.1 Å². The second kappa shape index (κ2) is 7.99. The van der Waals surface area contributed by atoms with Gasteiger partial charge in [-0.25, -0.2) is 17.1 Å². The zero-order valence-electron chi connectivity index (χ0n) is 14.7. The molecule has 2 aromatic rings. The van der Waals surface area contributed by atoms with Crippen LogP contribution in [0.2, 0.25) is 5.02 Å². The zero-order chi connectivity index (χ0) is 20.6. The van der Waals surface area contributed by atoms with Crippen molar-refractivity contribution in [2.24, 2.45) is 0 Å². The third kappa shape index (κ3) is 4.18. The number of anilines is 2. The number of halogens is 2. The summed E-state index contributed by atoms with van der Waals surface area (Å²) in [6, 6.07) is 5.20. The Labute approximate surface area is 174 Å². The minimum atomic E-state index is -3.66. The zero-order valence-corrected chi connectivity index (χ0v) is 17.9. The molecule has 0 fully saturated rings. The molecule has 0 spiro atoms. The van der Waals surface area contributed by atoms with E-state index >= 15 is 0 Å². The summed E-state index contributed by atoms with van der Waals surface area (Å²) in [5.41, 5.74) is 0.299. The first-order valence-corrected chi connectivity index (χ1v) is 11.5. The summed E-state index contributed by atoms with van der Waals surface area (Å²) in [5.74, 6) is -1.57. The van der Waals surface area contributed by atoms with Crippen molar-refractivity contribution in [2.75, 3.05) is 36.6 Å². The molecule has 2 amide bonds. The van der Waals surface area contributed by atoms with Crippen LogP contribution < -0.4 is 10.2 Å². The van der Waals surface area contributed by atoms with Gasteiger partial charge < -0.3 is 10.2 Å². The predicted octanol–water partition coefficient (Wildman–Crippen LogP) is 2.87. The molecule has 7 nitrogen and oxygen atoms in total. The smallest absolute Gasteiger partial charge is 0.252 e. The molecule has 28 heavy (non-hydrogen) atoms. The molecule has 0 unspecified atom stereocenters. The number of hydrogen-bond donors (Lipinski definition) is 1. The lowest BCUT2D eigenvalue weighted by molar-refractivity contribution is -0.120. The lowest BCUT2D eigenvalue weighted by Crippen LogP contribution is -2.40. The van der Waals surface area contributed by atoms with Crippen molar-refractivity contribution >= 4 is 67.9 Å². The third-order valence-corrected chi connectivity index (χ3v) is 8.70. The summed E-state index contributed by atoms with van der Waals surface area (Å²) in [4.78, 5) is 25.9. The monoisotopic (exact) mass is 463 g/mol. The Kier molecular flexibility index (Phi) is 6.01. The van der Waals surface area contributed by atoms with Crippen LogP contribution in [-0.2, 0) is 19.6 Å². The number of fused-ring (bicyclic) bond motifs is 1. The number of thioether (sulfide) groups is 1. The molecule has 12 heteroatoms. The highest BCUT2D eigenvalue weighted by Gasteiger charge is 2.32. The summed E-state index contributed by atoms with van der Waals surface area (Å²) in [6.07, 6.45) is 0. The van der Waals surface area contributed by atoms with E-state index in [-0.39, 0.29) is 33.1 Å². The number of sulfonamides is 1. The molecule has 150 valence electrons. The molecule has 1 aliphatic rings.